The normalized spacial score (nSPS) is 17.7. The van der Waals surface area contributed by atoms with Gasteiger partial charge in [-0.05, 0) is 43.5 Å². The molecule has 3 rings (SSSR count). The van der Waals surface area contributed by atoms with Crippen LogP contribution in [0.2, 0.25) is 0 Å². The third-order valence-corrected chi connectivity index (χ3v) is 3.68. The number of fused-ring (bicyclic) bond motifs is 1. The summed E-state index contributed by atoms with van der Waals surface area (Å²) in [6.07, 6.45) is 1.86. The van der Waals surface area contributed by atoms with E-state index < -0.39 is 5.95 Å². The van der Waals surface area contributed by atoms with Crippen molar-refractivity contribution in [2.75, 3.05) is 4.90 Å². The number of anilines is 1. The maximum absolute atomic E-state index is 13.2. The van der Waals surface area contributed by atoms with Gasteiger partial charge in [-0.15, -0.1) is 0 Å². The molecular formula is C16H15FN2O. The molecular weight excluding hydrogens is 255 g/mol. The number of benzene rings is 1. The standard InChI is InChI=1S/C16H15FN2O/c1-11-9-10-12-5-2-3-7-14(12)19(11)16(20)13-6-4-8-15(17)18-13/h2-8,11H,9-10H2,1H3. The van der Waals surface area contributed by atoms with Gasteiger partial charge < -0.3 is 4.90 Å². The van der Waals surface area contributed by atoms with Crippen molar-refractivity contribution in [1.29, 1.82) is 0 Å². The molecule has 0 spiro atoms. The second-order valence-corrected chi connectivity index (χ2v) is 5.04. The highest BCUT2D eigenvalue weighted by Crippen LogP contribution is 2.31. The molecule has 102 valence electrons. The average Bonchev–Trinajstić information content (AvgIpc) is 2.46. The molecule has 0 N–H and O–H groups in total. The first-order chi connectivity index (χ1) is 9.66. The first kappa shape index (κ1) is 12.8. The Bertz CT molecular complexity index is 656. The Morgan fingerprint density at radius 1 is 1.25 bits per heavy atom. The van der Waals surface area contributed by atoms with Crippen LogP contribution in [0.4, 0.5) is 10.1 Å². The lowest BCUT2D eigenvalue weighted by Crippen LogP contribution is -2.42. The summed E-state index contributed by atoms with van der Waals surface area (Å²) < 4.78 is 13.2. The van der Waals surface area contributed by atoms with Gasteiger partial charge in [0, 0.05) is 11.7 Å². The van der Waals surface area contributed by atoms with Crippen molar-refractivity contribution < 1.29 is 9.18 Å². The van der Waals surface area contributed by atoms with Crippen molar-refractivity contribution in [2.45, 2.75) is 25.8 Å². The largest absolute Gasteiger partial charge is 0.304 e. The summed E-state index contributed by atoms with van der Waals surface area (Å²) >= 11 is 0. The Hall–Kier alpha value is -2.23. The maximum atomic E-state index is 13.2. The van der Waals surface area contributed by atoms with Crippen molar-refractivity contribution in [1.82, 2.24) is 4.98 Å². The third kappa shape index (κ3) is 2.18. The van der Waals surface area contributed by atoms with Crippen LogP contribution in [-0.4, -0.2) is 16.9 Å². The van der Waals surface area contributed by atoms with E-state index in [-0.39, 0.29) is 17.6 Å². The fourth-order valence-electron chi connectivity index (χ4n) is 2.65. The lowest BCUT2D eigenvalue weighted by atomic mass is 9.96. The molecule has 0 saturated carbocycles. The molecule has 0 saturated heterocycles. The number of halogens is 1. The maximum Gasteiger partial charge on any atom is 0.277 e. The number of nitrogens with zero attached hydrogens (tertiary/aromatic N) is 2. The topological polar surface area (TPSA) is 33.2 Å². The predicted molar refractivity (Wildman–Crippen MR) is 75.2 cm³/mol. The molecule has 1 aromatic carbocycles. The van der Waals surface area contributed by atoms with E-state index in [9.17, 15) is 9.18 Å². The van der Waals surface area contributed by atoms with Gasteiger partial charge in [0.05, 0.1) is 0 Å². The van der Waals surface area contributed by atoms with Crippen molar-refractivity contribution in [3.63, 3.8) is 0 Å². The van der Waals surface area contributed by atoms with E-state index >= 15 is 0 Å². The SMILES string of the molecule is CC1CCc2ccccc2N1C(=O)c1cccc(F)n1. The predicted octanol–water partition coefficient (Wildman–Crippen LogP) is 3.20. The second kappa shape index (κ2) is 5.04. The molecule has 1 aliphatic heterocycles. The van der Waals surface area contributed by atoms with Crippen LogP contribution >= 0.6 is 0 Å². The molecule has 1 aliphatic rings. The van der Waals surface area contributed by atoms with Crippen molar-refractivity contribution in [2.24, 2.45) is 0 Å². The molecule has 0 radical (unpaired) electrons. The summed E-state index contributed by atoms with van der Waals surface area (Å²) in [5.41, 5.74) is 2.20. The minimum Gasteiger partial charge on any atom is -0.304 e. The highest BCUT2D eigenvalue weighted by Gasteiger charge is 2.29. The third-order valence-electron chi connectivity index (χ3n) is 3.68. The van der Waals surface area contributed by atoms with E-state index in [2.05, 4.69) is 4.98 Å². The fourth-order valence-corrected chi connectivity index (χ4v) is 2.65. The Kier molecular flexibility index (Phi) is 3.22. The summed E-state index contributed by atoms with van der Waals surface area (Å²) in [4.78, 5) is 18.0. The minimum absolute atomic E-state index is 0.0856. The number of hydrogen-bond donors (Lipinski definition) is 0. The first-order valence-electron chi connectivity index (χ1n) is 6.71. The summed E-state index contributed by atoms with van der Waals surface area (Å²) in [7, 11) is 0. The van der Waals surface area contributed by atoms with E-state index in [0.717, 1.165) is 24.1 Å². The number of aryl methyl sites for hydroxylation is 1. The van der Waals surface area contributed by atoms with Crippen LogP contribution in [0.3, 0.4) is 0 Å². The number of aromatic nitrogens is 1. The average molecular weight is 270 g/mol. The van der Waals surface area contributed by atoms with Crippen molar-refractivity contribution in [3.05, 3.63) is 59.7 Å². The summed E-state index contributed by atoms with van der Waals surface area (Å²) in [5.74, 6) is -0.877. The van der Waals surface area contributed by atoms with E-state index in [1.807, 2.05) is 31.2 Å². The van der Waals surface area contributed by atoms with Crippen LogP contribution in [0.1, 0.15) is 29.4 Å². The molecule has 2 heterocycles. The Morgan fingerprint density at radius 2 is 2.05 bits per heavy atom. The van der Waals surface area contributed by atoms with Crippen molar-refractivity contribution >= 4 is 11.6 Å². The smallest absolute Gasteiger partial charge is 0.277 e. The van der Waals surface area contributed by atoms with E-state index in [4.69, 9.17) is 0 Å². The monoisotopic (exact) mass is 270 g/mol. The Morgan fingerprint density at radius 3 is 2.85 bits per heavy atom. The highest BCUT2D eigenvalue weighted by molar-refractivity contribution is 6.05. The second-order valence-electron chi connectivity index (χ2n) is 5.04. The van der Waals surface area contributed by atoms with Gasteiger partial charge >= 0.3 is 0 Å². The van der Waals surface area contributed by atoms with Gasteiger partial charge in [0.1, 0.15) is 5.69 Å². The zero-order valence-corrected chi connectivity index (χ0v) is 11.2. The molecule has 4 heteroatoms. The van der Waals surface area contributed by atoms with Gasteiger partial charge in [0.2, 0.25) is 5.95 Å². The zero-order valence-electron chi connectivity index (χ0n) is 11.2. The molecule has 2 aromatic rings. The van der Waals surface area contributed by atoms with Gasteiger partial charge in [-0.3, -0.25) is 4.79 Å². The molecule has 0 bridgehead atoms. The van der Waals surface area contributed by atoms with Gasteiger partial charge in [-0.1, -0.05) is 24.3 Å². The number of para-hydroxylation sites is 1. The van der Waals surface area contributed by atoms with Crippen LogP contribution in [0.15, 0.2) is 42.5 Å². The number of carbonyl (C=O) groups is 1. The number of pyridine rings is 1. The molecule has 1 amide bonds. The fraction of sp³-hybridized carbons (Fsp3) is 0.250. The lowest BCUT2D eigenvalue weighted by molar-refractivity contribution is 0.0969. The Balaban J connectivity index is 2.03. The lowest BCUT2D eigenvalue weighted by Gasteiger charge is -2.35. The molecule has 0 fully saturated rings. The van der Waals surface area contributed by atoms with Gasteiger partial charge in [-0.25, -0.2) is 4.98 Å². The number of amides is 1. The van der Waals surface area contributed by atoms with Crippen LogP contribution in [0.5, 0.6) is 0 Å². The molecule has 1 aromatic heterocycles. The van der Waals surface area contributed by atoms with E-state index in [1.165, 1.54) is 12.1 Å². The van der Waals surface area contributed by atoms with Gasteiger partial charge in [0.15, 0.2) is 0 Å². The highest BCUT2D eigenvalue weighted by atomic mass is 19.1. The first-order valence-corrected chi connectivity index (χ1v) is 6.71. The van der Waals surface area contributed by atoms with Gasteiger partial charge in [-0.2, -0.15) is 4.39 Å². The summed E-state index contributed by atoms with van der Waals surface area (Å²) in [5, 5.41) is 0. The van der Waals surface area contributed by atoms with Crippen LogP contribution < -0.4 is 4.90 Å². The van der Waals surface area contributed by atoms with Crippen LogP contribution in [0, 0.1) is 5.95 Å². The van der Waals surface area contributed by atoms with E-state index in [0.29, 0.717) is 0 Å². The quantitative estimate of drug-likeness (QED) is 0.745. The van der Waals surface area contributed by atoms with E-state index in [1.54, 1.807) is 11.0 Å². The molecule has 0 aliphatic carbocycles. The number of hydrogen-bond acceptors (Lipinski definition) is 2. The molecule has 1 unspecified atom stereocenters. The number of carbonyl (C=O) groups excluding carboxylic acids is 1. The number of rotatable bonds is 1. The molecule has 20 heavy (non-hydrogen) atoms. The Labute approximate surface area is 117 Å². The molecule has 1 atom stereocenters. The minimum atomic E-state index is -0.631. The summed E-state index contributed by atoms with van der Waals surface area (Å²) in [6.45, 7) is 2.01. The van der Waals surface area contributed by atoms with Gasteiger partial charge in [0.25, 0.3) is 5.91 Å². The van der Waals surface area contributed by atoms with Crippen LogP contribution in [0.25, 0.3) is 0 Å². The zero-order chi connectivity index (χ0) is 14.1. The summed E-state index contributed by atoms with van der Waals surface area (Å²) in [6, 6.07) is 12.2. The molecule has 3 nitrogen and oxygen atoms in total. The van der Waals surface area contributed by atoms with Crippen LogP contribution in [-0.2, 0) is 6.42 Å². The van der Waals surface area contributed by atoms with Crippen molar-refractivity contribution in [3.8, 4) is 0 Å².